The summed E-state index contributed by atoms with van der Waals surface area (Å²) in [5.74, 6) is 1.46. The Morgan fingerprint density at radius 3 is 2.95 bits per heavy atom. The highest BCUT2D eigenvalue weighted by atomic mass is 16.3. The van der Waals surface area contributed by atoms with Crippen LogP contribution in [0.1, 0.15) is 24.7 Å². The lowest BCUT2D eigenvalue weighted by Crippen LogP contribution is -2.09. The van der Waals surface area contributed by atoms with Crippen LogP contribution in [0.4, 0.5) is 0 Å². The number of fused-ring (bicyclic) bond motifs is 1. The third kappa shape index (κ3) is 2.13. The largest absolute Gasteiger partial charge is 0.385 e. The molecule has 2 heterocycles. The molecule has 2 N–H and O–H groups in total. The number of imidazole rings is 2. The van der Waals surface area contributed by atoms with Gasteiger partial charge in [0.1, 0.15) is 17.8 Å². The fraction of sp³-hybridized carbons (Fsp3) is 0.286. The Labute approximate surface area is 110 Å². The lowest BCUT2D eigenvalue weighted by molar-refractivity contribution is 0.166. The maximum atomic E-state index is 10.2. The van der Waals surface area contributed by atoms with Crippen LogP contribution in [0.3, 0.4) is 0 Å². The molecule has 0 spiro atoms. The zero-order valence-electron chi connectivity index (χ0n) is 10.7. The molecular weight excluding hydrogens is 240 g/mol. The van der Waals surface area contributed by atoms with Crippen LogP contribution in [0, 0.1) is 0 Å². The molecule has 0 fully saturated rings. The first-order valence-electron chi connectivity index (χ1n) is 6.41. The van der Waals surface area contributed by atoms with E-state index in [-0.39, 0.29) is 0 Å². The summed E-state index contributed by atoms with van der Waals surface area (Å²) in [6.07, 6.45) is 3.15. The van der Waals surface area contributed by atoms with Crippen molar-refractivity contribution < 1.29 is 5.11 Å². The molecule has 0 amide bonds. The molecule has 0 aliphatic heterocycles. The molecule has 0 saturated heterocycles. The summed E-state index contributed by atoms with van der Waals surface area (Å²) in [5.41, 5.74) is 2.07. The van der Waals surface area contributed by atoms with Gasteiger partial charge in [-0.2, -0.15) is 0 Å². The molecule has 0 radical (unpaired) electrons. The average Bonchev–Trinajstić information content (AvgIpc) is 3.05. The number of aromatic nitrogens is 4. The zero-order chi connectivity index (χ0) is 13.2. The smallest absolute Gasteiger partial charge is 0.135 e. The second kappa shape index (κ2) is 4.85. The summed E-state index contributed by atoms with van der Waals surface area (Å²) in [7, 11) is 0. The predicted molar refractivity (Wildman–Crippen MR) is 72.7 cm³/mol. The molecule has 0 saturated carbocycles. The van der Waals surface area contributed by atoms with Crippen molar-refractivity contribution in [3.8, 4) is 0 Å². The molecule has 5 heteroatoms. The number of hydrogen-bond acceptors (Lipinski definition) is 3. The molecule has 98 valence electrons. The molecule has 19 heavy (non-hydrogen) atoms. The van der Waals surface area contributed by atoms with Gasteiger partial charge in [0.05, 0.1) is 11.0 Å². The molecule has 5 nitrogen and oxygen atoms in total. The van der Waals surface area contributed by atoms with Crippen LogP contribution in [0.15, 0.2) is 36.7 Å². The number of aliphatic hydroxyl groups is 1. The van der Waals surface area contributed by atoms with Crippen LogP contribution in [0.25, 0.3) is 11.0 Å². The van der Waals surface area contributed by atoms with E-state index >= 15 is 0 Å². The maximum Gasteiger partial charge on any atom is 0.135 e. The number of hydrogen-bond donors (Lipinski definition) is 2. The number of para-hydroxylation sites is 2. The maximum absolute atomic E-state index is 10.2. The van der Waals surface area contributed by atoms with E-state index in [1.165, 1.54) is 0 Å². The summed E-state index contributed by atoms with van der Waals surface area (Å²) in [6, 6.07) is 8.02. The standard InChI is InChI=1S/C14H16N4O/c1-2-18-11-6-4-3-5-10(11)17-13(18)9-12(19)14-15-7-8-16-14/h3-8,12,19H,2,9H2,1H3,(H,15,16). The fourth-order valence-corrected chi connectivity index (χ4v) is 2.36. The number of aliphatic hydroxyl groups excluding tert-OH is 1. The first-order chi connectivity index (χ1) is 9.29. The van der Waals surface area contributed by atoms with E-state index in [9.17, 15) is 5.11 Å². The van der Waals surface area contributed by atoms with Crippen molar-refractivity contribution in [3.63, 3.8) is 0 Å². The van der Waals surface area contributed by atoms with Gasteiger partial charge in [0.15, 0.2) is 0 Å². The van der Waals surface area contributed by atoms with Crippen molar-refractivity contribution in [2.75, 3.05) is 0 Å². The lowest BCUT2D eigenvalue weighted by Gasteiger charge is -2.09. The molecule has 1 unspecified atom stereocenters. The van der Waals surface area contributed by atoms with E-state index in [1.54, 1.807) is 12.4 Å². The number of aryl methyl sites for hydroxylation is 1. The van der Waals surface area contributed by atoms with Gasteiger partial charge in [0.25, 0.3) is 0 Å². The Hall–Kier alpha value is -2.14. The Morgan fingerprint density at radius 2 is 2.21 bits per heavy atom. The van der Waals surface area contributed by atoms with Gasteiger partial charge in [-0.05, 0) is 19.1 Å². The molecule has 3 aromatic rings. The number of nitrogens with zero attached hydrogens (tertiary/aromatic N) is 3. The van der Waals surface area contributed by atoms with Crippen molar-refractivity contribution in [1.82, 2.24) is 19.5 Å². The van der Waals surface area contributed by atoms with Crippen molar-refractivity contribution in [1.29, 1.82) is 0 Å². The molecule has 1 atom stereocenters. The molecule has 0 aliphatic carbocycles. The van der Waals surface area contributed by atoms with Gasteiger partial charge in [0, 0.05) is 25.4 Å². The van der Waals surface area contributed by atoms with Gasteiger partial charge < -0.3 is 14.7 Å². The van der Waals surface area contributed by atoms with Crippen LogP contribution in [-0.2, 0) is 13.0 Å². The third-order valence-corrected chi connectivity index (χ3v) is 3.26. The van der Waals surface area contributed by atoms with Crippen LogP contribution in [0.5, 0.6) is 0 Å². The van der Waals surface area contributed by atoms with Crippen molar-refractivity contribution in [2.24, 2.45) is 0 Å². The Kier molecular flexibility index (Phi) is 3.05. The second-order valence-corrected chi connectivity index (χ2v) is 4.46. The first-order valence-corrected chi connectivity index (χ1v) is 6.41. The average molecular weight is 256 g/mol. The number of aromatic amines is 1. The third-order valence-electron chi connectivity index (χ3n) is 3.26. The predicted octanol–water partition coefficient (Wildman–Crippen LogP) is 2.06. The highest BCUT2D eigenvalue weighted by molar-refractivity contribution is 5.75. The van der Waals surface area contributed by atoms with Gasteiger partial charge in [-0.3, -0.25) is 0 Å². The van der Waals surface area contributed by atoms with E-state index in [0.29, 0.717) is 12.2 Å². The normalized spacial score (nSPS) is 12.9. The number of nitrogens with one attached hydrogen (secondary N) is 1. The molecular formula is C14H16N4O. The SMILES string of the molecule is CCn1c(CC(O)c2ncc[nH]2)nc2ccccc21. The topological polar surface area (TPSA) is 66.7 Å². The quantitative estimate of drug-likeness (QED) is 0.750. The minimum Gasteiger partial charge on any atom is -0.385 e. The minimum atomic E-state index is -0.655. The van der Waals surface area contributed by atoms with Crippen LogP contribution in [0.2, 0.25) is 0 Å². The van der Waals surface area contributed by atoms with Crippen molar-refractivity contribution in [3.05, 3.63) is 48.3 Å². The van der Waals surface area contributed by atoms with E-state index < -0.39 is 6.10 Å². The highest BCUT2D eigenvalue weighted by Gasteiger charge is 2.16. The molecule has 2 aromatic heterocycles. The van der Waals surface area contributed by atoms with Gasteiger partial charge in [-0.1, -0.05) is 12.1 Å². The molecule has 1 aromatic carbocycles. The van der Waals surface area contributed by atoms with Gasteiger partial charge >= 0.3 is 0 Å². The summed E-state index contributed by atoms with van der Waals surface area (Å²) in [4.78, 5) is 11.6. The van der Waals surface area contributed by atoms with Gasteiger partial charge in [-0.15, -0.1) is 0 Å². The van der Waals surface area contributed by atoms with Crippen molar-refractivity contribution in [2.45, 2.75) is 26.0 Å². The molecule has 3 rings (SSSR count). The summed E-state index contributed by atoms with van der Waals surface area (Å²) in [5, 5.41) is 10.2. The summed E-state index contributed by atoms with van der Waals surface area (Å²) < 4.78 is 2.13. The van der Waals surface area contributed by atoms with Gasteiger partial charge in [0.2, 0.25) is 0 Å². The van der Waals surface area contributed by atoms with E-state index in [2.05, 4.69) is 32.5 Å². The lowest BCUT2D eigenvalue weighted by atomic mass is 10.2. The summed E-state index contributed by atoms with van der Waals surface area (Å²) in [6.45, 7) is 2.91. The first kappa shape index (κ1) is 11.9. The highest BCUT2D eigenvalue weighted by Crippen LogP contribution is 2.20. The Morgan fingerprint density at radius 1 is 1.37 bits per heavy atom. The van der Waals surface area contributed by atoms with E-state index in [1.807, 2.05) is 18.2 Å². The minimum absolute atomic E-state index is 0.454. The zero-order valence-corrected chi connectivity index (χ0v) is 10.7. The monoisotopic (exact) mass is 256 g/mol. The van der Waals surface area contributed by atoms with Gasteiger partial charge in [-0.25, -0.2) is 9.97 Å². The Balaban J connectivity index is 1.96. The number of H-pyrrole nitrogens is 1. The van der Waals surface area contributed by atoms with Crippen molar-refractivity contribution >= 4 is 11.0 Å². The number of rotatable bonds is 4. The van der Waals surface area contributed by atoms with Crippen LogP contribution in [-0.4, -0.2) is 24.6 Å². The number of benzene rings is 1. The second-order valence-electron chi connectivity index (χ2n) is 4.46. The van der Waals surface area contributed by atoms with E-state index in [4.69, 9.17) is 0 Å². The van der Waals surface area contributed by atoms with Crippen LogP contribution >= 0.6 is 0 Å². The van der Waals surface area contributed by atoms with Crippen LogP contribution < -0.4 is 0 Å². The summed E-state index contributed by atoms with van der Waals surface area (Å²) >= 11 is 0. The molecule has 0 bridgehead atoms. The molecule has 0 aliphatic rings. The Bertz CT molecular complexity index is 672. The fourth-order valence-electron chi connectivity index (χ4n) is 2.36. The van der Waals surface area contributed by atoms with E-state index in [0.717, 1.165) is 23.4 Å².